The lowest BCUT2D eigenvalue weighted by Crippen LogP contribution is -2.52. The highest BCUT2D eigenvalue weighted by Crippen LogP contribution is 2.35. The van der Waals surface area contributed by atoms with Crippen LogP contribution in [0.15, 0.2) is 41.7 Å². The fraction of sp³-hybridized carbons (Fsp3) is 0.421. The van der Waals surface area contributed by atoms with E-state index in [9.17, 15) is 0 Å². The number of halogens is 1. The Kier molecular flexibility index (Phi) is 7.12. The maximum absolute atomic E-state index is 5.58. The van der Waals surface area contributed by atoms with Gasteiger partial charge in [-0.1, -0.05) is 12.1 Å². The molecule has 9 heteroatoms. The third-order valence-corrected chi connectivity index (χ3v) is 4.63. The van der Waals surface area contributed by atoms with E-state index < -0.39 is 0 Å². The van der Waals surface area contributed by atoms with Gasteiger partial charge in [-0.2, -0.15) is 0 Å². The van der Waals surface area contributed by atoms with Crippen LogP contribution in [0.3, 0.4) is 0 Å². The summed E-state index contributed by atoms with van der Waals surface area (Å²) in [5.74, 6) is 3.31. The van der Waals surface area contributed by atoms with E-state index in [4.69, 9.17) is 14.5 Å². The van der Waals surface area contributed by atoms with Gasteiger partial charge in [-0.3, -0.25) is 0 Å². The van der Waals surface area contributed by atoms with Gasteiger partial charge >= 0.3 is 0 Å². The predicted octanol–water partition coefficient (Wildman–Crippen LogP) is 2.11. The van der Waals surface area contributed by atoms with Gasteiger partial charge in [0.25, 0.3) is 0 Å². The fourth-order valence-corrected chi connectivity index (χ4v) is 3.27. The summed E-state index contributed by atoms with van der Waals surface area (Å²) >= 11 is 0. The van der Waals surface area contributed by atoms with Crippen molar-refractivity contribution in [2.75, 3.05) is 44.4 Å². The second-order valence-corrected chi connectivity index (χ2v) is 6.34. The molecule has 1 aromatic heterocycles. The Labute approximate surface area is 182 Å². The smallest absolute Gasteiger partial charge is 0.231 e. The van der Waals surface area contributed by atoms with Crippen LogP contribution in [-0.4, -0.2) is 60.3 Å². The zero-order valence-electron chi connectivity index (χ0n) is 15.9. The maximum Gasteiger partial charge on any atom is 0.231 e. The first-order valence-corrected chi connectivity index (χ1v) is 9.28. The van der Waals surface area contributed by atoms with Gasteiger partial charge in [-0.15, -0.1) is 24.0 Å². The van der Waals surface area contributed by atoms with Crippen molar-refractivity contribution >= 4 is 35.9 Å². The number of aromatic nitrogens is 2. The molecule has 2 aromatic rings. The van der Waals surface area contributed by atoms with Gasteiger partial charge in [-0.05, 0) is 19.1 Å². The van der Waals surface area contributed by atoms with Gasteiger partial charge in [0.1, 0.15) is 0 Å². The molecule has 8 nitrogen and oxygen atoms in total. The number of benzene rings is 1. The first-order chi connectivity index (χ1) is 13.3. The molecule has 1 aromatic carbocycles. The number of fused-ring (bicyclic) bond motifs is 1. The second kappa shape index (κ2) is 9.76. The zero-order valence-corrected chi connectivity index (χ0v) is 18.2. The molecule has 0 aliphatic carbocycles. The maximum atomic E-state index is 5.58. The van der Waals surface area contributed by atoms with Crippen molar-refractivity contribution in [3.63, 3.8) is 0 Å². The minimum Gasteiger partial charge on any atom is -0.454 e. The highest BCUT2D eigenvalue weighted by atomic mass is 127. The number of hydrogen-bond acceptors (Lipinski definition) is 6. The number of nitrogens with zero attached hydrogens (tertiary/aromatic N) is 5. The lowest BCUT2D eigenvalue weighted by molar-refractivity contribution is 0.173. The molecule has 2 aliphatic rings. The number of rotatable bonds is 4. The Morgan fingerprint density at radius 3 is 2.64 bits per heavy atom. The van der Waals surface area contributed by atoms with Crippen LogP contribution in [0, 0.1) is 0 Å². The van der Waals surface area contributed by atoms with Crippen molar-refractivity contribution in [1.29, 1.82) is 0 Å². The summed E-state index contributed by atoms with van der Waals surface area (Å²) in [5.41, 5.74) is 1.04. The number of ether oxygens (including phenoxy) is 2. The standard InChI is InChI=1S/C19H24N6O2.HI/c1-2-20-18(23-13-15-5-3-6-16-17(15)27-14-26-16)24-9-11-25(12-10-24)19-21-7-4-8-22-19;/h3-8H,2,9-14H2,1H3,(H,20,23);1H. The second-order valence-electron chi connectivity index (χ2n) is 6.34. The van der Waals surface area contributed by atoms with Crippen LogP contribution in [0.25, 0.3) is 0 Å². The molecule has 3 heterocycles. The van der Waals surface area contributed by atoms with E-state index in [1.54, 1.807) is 12.4 Å². The quantitative estimate of drug-likeness (QED) is 0.395. The molecule has 1 saturated heterocycles. The molecule has 1 fully saturated rings. The van der Waals surface area contributed by atoms with Crippen molar-refractivity contribution in [1.82, 2.24) is 20.2 Å². The number of piperazine rings is 1. The Morgan fingerprint density at radius 2 is 1.89 bits per heavy atom. The summed E-state index contributed by atoms with van der Waals surface area (Å²) in [7, 11) is 0. The Hall–Kier alpha value is -2.30. The third kappa shape index (κ3) is 4.57. The van der Waals surface area contributed by atoms with E-state index in [1.807, 2.05) is 24.3 Å². The number of nitrogens with one attached hydrogen (secondary N) is 1. The summed E-state index contributed by atoms with van der Waals surface area (Å²) in [5, 5.41) is 3.40. The van der Waals surface area contributed by atoms with E-state index in [2.05, 4.69) is 32.0 Å². The number of guanidine groups is 1. The van der Waals surface area contributed by atoms with Crippen LogP contribution >= 0.6 is 24.0 Å². The number of anilines is 1. The van der Waals surface area contributed by atoms with Gasteiger partial charge in [0.15, 0.2) is 17.5 Å². The highest BCUT2D eigenvalue weighted by Gasteiger charge is 2.22. The normalized spacial score (nSPS) is 16.0. The number of hydrogen-bond donors (Lipinski definition) is 1. The molecule has 0 amide bonds. The molecule has 0 radical (unpaired) electrons. The molecule has 28 heavy (non-hydrogen) atoms. The van der Waals surface area contributed by atoms with Gasteiger partial charge in [0, 0.05) is 50.7 Å². The molecule has 0 saturated carbocycles. The van der Waals surface area contributed by atoms with E-state index in [1.165, 1.54) is 0 Å². The van der Waals surface area contributed by atoms with E-state index >= 15 is 0 Å². The van der Waals surface area contributed by atoms with Crippen molar-refractivity contribution in [3.05, 3.63) is 42.2 Å². The topological polar surface area (TPSA) is 75.1 Å². The van der Waals surface area contributed by atoms with E-state index in [0.717, 1.165) is 61.7 Å². The number of aliphatic imine (C=N–C) groups is 1. The SMILES string of the molecule is CCNC(=NCc1cccc2c1OCO2)N1CCN(c2ncccn2)CC1.I. The molecule has 0 spiro atoms. The van der Waals surface area contributed by atoms with Crippen molar-refractivity contribution in [2.24, 2.45) is 4.99 Å². The molecule has 0 atom stereocenters. The van der Waals surface area contributed by atoms with Crippen LogP contribution in [0.4, 0.5) is 5.95 Å². The van der Waals surface area contributed by atoms with Crippen LogP contribution in [0.5, 0.6) is 11.5 Å². The predicted molar refractivity (Wildman–Crippen MR) is 119 cm³/mol. The van der Waals surface area contributed by atoms with Crippen LogP contribution in [0.1, 0.15) is 12.5 Å². The minimum atomic E-state index is 0. The molecule has 1 N–H and O–H groups in total. The van der Waals surface area contributed by atoms with Crippen molar-refractivity contribution in [2.45, 2.75) is 13.5 Å². The van der Waals surface area contributed by atoms with Gasteiger partial charge in [0.2, 0.25) is 12.7 Å². The van der Waals surface area contributed by atoms with Crippen molar-refractivity contribution < 1.29 is 9.47 Å². The van der Waals surface area contributed by atoms with Gasteiger partial charge in [-0.25, -0.2) is 15.0 Å². The highest BCUT2D eigenvalue weighted by molar-refractivity contribution is 14.0. The monoisotopic (exact) mass is 496 g/mol. The summed E-state index contributed by atoms with van der Waals surface area (Å²) < 4.78 is 11.0. The van der Waals surface area contributed by atoms with Crippen LogP contribution in [0.2, 0.25) is 0 Å². The van der Waals surface area contributed by atoms with Crippen LogP contribution in [-0.2, 0) is 6.54 Å². The molecule has 150 valence electrons. The minimum absolute atomic E-state index is 0. The fourth-order valence-electron chi connectivity index (χ4n) is 3.27. The summed E-state index contributed by atoms with van der Waals surface area (Å²) in [6.45, 7) is 7.22. The van der Waals surface area contributed by atoms with Gasteiger partial charge in [0.05, 0.1) is 6.54 Å². The summed E-state index contributed by atoms with van der Waals surface area (Å²) in [6, 6.07) is 7.77. The van der Waals surface area contributed by atoms with Gasteiger partial charge < -0.3 is 24.6 Å². The largest absolute Gasteiger partial charge is 0.454 e. The number of para-hydroxylation sites is 1. The molecule has 2 aliphatic heterocycles. The summed E-state index contributed by atoms with van der Waals surface area (Å²) in [6.07, 6.45) is 3.56. The Bertz CT molecular complexity index is 796. The first-order valence-electron chi connectivity index (χ1n) is 9.28. The Morgan fingerprint density at radius 1 is 1.11 bits per heavy atom. The average Bonchev–Trinajstić information content (AvgIpc) is 3.21. The first kappa shape index (κ1) is 20.4. The third-order valence-electron chi connectivity index (χ3n) is 4.63. The average molecular weight is 496 g/mol. The lowest BCUT2D eigenvalue weighted by atomic mass is 10.2. The molecular weight excluding hydrogens is 471 g/mol. The lowest BCUT2D eigenvalue weighted by Gasteiger charge is -2.36. The summed E-state index contributed by atoms with van der Waals surface area (Å²) in [4.78, 5) is 18.0. The molecule has 4 rings (SSSR count). The zero-order chi connectivity index (χ0) is 18.5. The van der Waals surface area contributed by atoms with E-state index in [0.29, 0.717) is 6.54 Å². The molecular formula is C19H25IN6O2. The molecule has 0 unspecified atom stereocenters. The Balaban J connectivity index is 0.00000225. The van der Waals surface area contributed by atoms with E-state index in [-0.39, 0.29) is 30.8 Å². The van der Waals surface area contributed by atoms with Crippen molar-refractivity contribution in [3.8, 4) is 11.5 Å². The van der Waals surface area contributed by atoms with Crippen LogP contribution < -0.4 is 19.7 Å². The molecule has 0 bridgehead atoms.